The van der Waals surface area contributed by atoms with Crippen LogP contribution in [-0.2, 0) is 6.42 Å². The molecule has 1 N–H and O–H groups in total. The van der Waals surface area contributed by atoms with Gasteiger partial charge >= 0.3 is 6.18 Å². The molecule has 3 atom stereocenters. The molecule has 2 aliphatic rings. The Hall–Kier alpha value is -0.260. The smallest absolute Gasteiger partial charge is 0.307 e. The van der Waals surface area contributed by atoms with E-state index in [1.807, 2.05) is 6.07 Å². The molecule has 0 aromatic carbocycles. The minimum atomic E-state index is -4.05. The normalized spacial score (nSPS) is 30.5. The highest BCUT2D eigenvalue weighted by Gasteiger charge is 2.42. The third-order valence-electron chi connectivity index (χ3n) is 4.42. The topological polar surface area (TPSA) is 12.0 Å². The van der Waals surface area contributed by atoms with Crippen LogP contribution in [0, 0.1) is 5.92 Å². The van der Waals surface area contributed by atoms with Gasteiger partial charge in [-0.1, -0.05) is 18.0 Å². The van der Waals surface area contributed by atoms with Crippen molar-refractivity contribution in [1.29, 1.82) is 0 Å². The van der Waals surface area contributed by atoms with Crippen molar-refractivity contribution in [2.75, 3.05) is 0 Å². The van der Waals surface area contributed by atoms with Crippen LogP contribution in [-0.4, -0.2) is 12.2 Å². The van der Waals surface area contributed by atoms with Gasteiger partial charge < -0.3 is 5.32 Å². The summed E-state index contributed by atoms with van der Waals surface area (Å²) in [6, 6.07) is 2.13. The average molecular weight is 324 g/mol. The molecule has 1 nitrogen and oxygen atoms in total. The molecule has 3 unspecified atom stereocenters. The van der Waals surface area contributed by atoms with Crippen LogP contribution in [0.2, 0.25) is 4.34 Å². The number of thiophene rings is 1. The third kappa shape index (κ3) is 3.00. The van der Waals surface area contributed by atoms with Gasteiger partial charge in [-0.2, -0.15) is 13.2 Å². The van der Waals surface area contributed by atoms with Crippen LogP contribution >= 0.6 is 22.9 Å². The van der Waals surface area contributed by atoms with Gasteiger partial charge in [0, 0.05) is 17.0 Å². The Morgan fingerprint density at radius 1 is 1.25 bits per heavy atom. The predicted molar refractivity (Wildman–Crippen MR) is 75.3 cm³/mol. The van der Waals surface area contributed by atoms with Gasteiger partial charge in [-0.15, -0.1) is 11.3 Å². The van der Waals surface area contributed by atoms with Crippen LogP contribution in [0.4, 0.5) is 13.2 Å². The lowest BCUT2D eigenvalue weighted by Crippen LogP contribution is -2.40. The Bertz CT molecular complexity index is 485. The number of fused-ring (bicyclic) bond motifs is 1. The van der Waals surface area contributed by atoms with Gasteiger partial charge in [0.15, 0.2) is 0 Å². The maximum absolute atomic E-state index is 12.8. The van der Waals surface area contributed by atoms with Gasteiger partial charge in [-0.05, 0) is 43.7 Å². The molecule has 1 aromatic heterocycles. The van der Waals surface area contributed by atoms with Gasteiger partial charge in [0.2, 0.25) is 0 Å². The zero-order valence-corrected chi connectivity index (χ0v) is 12.5. The van der Waals surface area contributed by atoms with Crippen LogP contribution in [0.15, 0.2) is 6.07 Å². The maximum atomic E-state index is 12.8. The summed E-state index contributed by atoms with van der Waals surface area (Å²) in [6.07, 6.45) is -0.0879. The monoisotopic (exact) mass is 323 g/mol. The standard InChI is InChI=1S/C14H17ClF3NS/c15-13-7-10-11(4-5-12(10)20-13)19-9-3-1-2-8(6-9)14(16,17)18/h7-9,11,19H,1-6H2. The summed E-state index contributed by atoms with van der Waals surface area (Å²) in [5.41, 5.74) is 1.20. The van der Waals surface area contributed by atoms with E-state index < -0.39 is 12.1 Å². The number of hydrogen-bond donors (Lipinski definition) is 1. The highest BCUT2D eigenvalue weighted by atomic mass is 35.5. The molecule has 3 rings (SSSR count). The molecule has 1 saturated carbocycles. The van der Waals surface area contributed by atoms with Crippen molar-refractivity contribution in [2.24, 2.45) is 5.92 Å². The number of rotatable bonds is 2. The quantitative estimate of drug-likeness (QED) is 0.798. The molecule has 0 aliphatic heterocycles. The van der Waals surface area contributed by atoms with E-state index >= 15 is 0 Å². The van der Waals surface area contributed by atoms with Crippen LogP contribution in [0.5, 0.6) is 0 Å². The minimum absolute atomic E-state index is 0.0231. The molecule has 0 radical (unpaired) electrons. The predicted octanol–water partition coefficient (Wildman–Crippen LogP) is 5.10. The van der Waals surface area contributed by atoms with Crippen molar-refractivity contribution >= 4 is 22.9 Å². The second-order valence-corrected chi connectivity index (χ2v) is 7.56. The first-order chi connectivity index (χ1) is 9.43. The molecule has 1 heterocycles. The average Bonchev–Trinajstić information content (AvgIpc) is 2.90. The van der Waals surface area contributed by atoms with E-state index in [9.17, 15) is 13.2 Å². The Kier molecular flexibility index (Phi) is 4.04. The summed E-state index contributed by atoms with van der Waals surface area (Å²) >= 11 is 7.60. The highest BCUT2D eigenvalue weighted by Crippen LogP contribution is 2.42. The van der Waals surface area contributed by atoms with Crippen LogP contribution in [0.25, 0.3) is 0 Å². The summed E-state index contributed by atoms with van der Waals surface area (Å²) < 4.78 is 39.3. The molecule has 0 amide bonds. The number of hydrogen-bond acceptors (Lipinski definition) is 2. The largest absolute Gasteiger partial charge is 0.391 e. The fraction of sp³-hybridized carbons (Fsp3) is 0.714. The van der Waals surface area contributed by atoms with Crippen molar-refractivity contribution in [1.82, 2.24) is 5.32 Å². The van der Waals surface area contributed by atoms with E-state index in [-0.39, 0.29) is 24.9 Å². The molecular weight excluding hydrogens is 307 g/mol. The van der Waals surface area contributed by atoms with E-state index in [0.29, 0.717) is 6.42 Å². The number of halogens is 4. The summed E-state index contributed by atoms with van der Waals surface area (Å²) in [5, 5.41) is 3.44. The fourth-order valence-corrected chi connectivity index (χ4v) is 4.78. The molecule has 20 heavy (non-hydrogen) atoms. The Balaban J connectivity index is 1.64. The van der Waals surface area contributed by atoms with Gasteiger partial charge in [-0.25, -0.2) is 0 Å². The first kappa shape index (κ1) is 14.7. The zero-order chi connectivity index (χ0) is 14.3. The van der Waals surface area contributed by atoms with Gasteiger partial charge in [-0.3, -0.25) is 0 Å². The molecule has 1 aromatic rings. The van der Waals surface area contributed by atoms with Crippen LogP contribution in [0.1, 0.15) is 48.6 Å². The summed E-state index contributed by atoms with van der Waals surface area (Å²) in [6.45, 7) is 0. The highest BCUT2D eigenvalue weighted by molar-refractivity contribution is 7.16. The Morgan fingerprint density at radius 3 is 2.80 bits per heavy atom. The Morgan fingerprint density at radius 2 is 2.05 bits per heavy atom. The van der Waals surface area contributed by atoms with Gasteiger partial charge in [0.25, 0.3) is 0 Å². The molecule has 2 aliphatic carbocycles. The Labute approximate surface area is 125 Å². The lowest BCUT2D eigenvalue weighted by atomic mass is 9.85. The lowest BCUT2D eigenvalue weighted by molar-refractivity contribution is -0.183. The fourth-order valence-electron chi connectivity index (χ4n) is 3.43. The van der Waals surface area contributed by atoms with Gasteiger partial charge in [0.05, 0.1) is 10.3 Å². The molecule has 0 saturated heterocycles. The second-order valence-electron chi connectivity index (χ2n) is 5.79. The van der Waals surface area contributed by atoms with Crippen LogP contribution < -0.4 is 5.32 Å². The zero-order valence-electron chi connectivity index (χ0n) is 11.0. The number of nitrogens with one attached hydrogen (secondary N) is 1. The van der Waals surface area contributed by atoms with E-state index in [2.05, 4.69) is 5.32 Å². The van der Waals surface area contributed by atoms with E-state index in [0.717, 1.165) is 23.6 Å². The van der Waals surface area contributed by atoms with Crippen molar-refractivity contribution < 1.29 is 13.2 Å². The van der Waals surface area contributed by atoms with Crippen molar-refractivity contribution in [3.63, 3.8) is 0 Å². The molecule has 1 fully saturated rings. The van der Waals surface area contributed by atoms with Crippen molar-refractivity contribution in [2.45, 2.75) is 56.8 Å². The van der Waals surface area contributed by atoms with E-state index in [1.165, 1.54) is 10.4 Å². The van der Waals surface area contributed by atoms with Crippen LogP contribution in [0.3, 0.4) is 0 Å². The summed E-state index contributed by atoms with van der Waals surface area (Å²) in [7, 11) is 0. The first-order valence-electron chi connectivity index (χ1n) is 7.04. The number of aryl methyl sites for hydroxylation is 1. The lowest BCUT2D eigenvalue weighted by Gasteiger charge is -2.33. The van der Waals surface area contributed by atoms with Gasteiger partial charge in [0.1, 0.15) is 0 Å². The molecular formula is C14H17ClF3NS. The summed E-state index contributed by atoms with van der Waals surface area (Å²) in [5.74, 6) is -1.14. The molecule has 0 bridgehead atoms. The molecule has 6 heteroatoms. The van der Waals surface area contributed by atoms with E-state index in [1.54, 1.807) is 11.3 Å². The van der Waals surface area contributed by atoms with Crippen molar-refractivity contribution in [3.8, 4) is 0 Å². The minimum Gasteiger partial charge on any atom is -0.307 e. The molecule has 112 valence electrons. The number of alkyl halides is 3. The first-order valence-corrected chi connectivity index (χ1v) is 8.24. The summed E-state index contributed by atoms with van der Waals surface area (Å²) in [4.78, 5) is 1.29. The second kappa shape index (κ2) is 5.50. The SMILES string of the molecule is FC(F)(F)C1CCCC(NC2CCc3sc(Cl)cc32)C1. The third-order valence-corrected chi connectivity index (χ3v) is 5.76. The maximum Gasteiger partial charge on any atom is 0.391 e. The molecule has 0 spiro atoms. The van der Waals surface area contributed by atoms with Crippen molar-refractivity contribution in [3.05, 3.63) is 20.8 Å². The van der Waals surface area contributed by atoms with E-state index in [4.69, 9.17) is 11.6 Å².